The average Bonchev–Trinajstić information content (AvgIpc) is 2.26. The Morgan fingerprint density at radius 3 is 2.50 bits per heavy atom. The molecule has 1 aliphatic heterocycles. The summed E-state index contributed by atoms with van der Waals surface area (Å²) in [6.45, 7) is 1.56. The Balaban J connectivity index is 2.94. The topological polar surface area (TPSA) is 95.7 Å². The highest BCUT2D eigenvalue weighted by atomic mass is 31.2. The van der Waals surface area contributed by atoms with Gasteiger partial charge >= 0.3 is 12.9 Å². The minimum atomic E-state index is -3.78. The molecule has 0 amide bonds. The average molecular weight is 251 g/mol. The van der Waals surface area contributed by atoms with Crippen LogP contribution in [0.2, 0.25) is 0 Å². The molecule has 1 fully saturated rings. The van der Waals surface area contributed by atoms with Crippen molar-refractivity contribution in [2.45, 2.75) is 31.5 Å². The fourth-order valence-electron chi connectivity index (χ4n) is 1.40. The lowest BCUT2D eigenvalue weighted by Gasteiger charge is -2.31. The first-order chi connectivity index (χ1) is 7.46. The summed E-state index contributed by atoms with van der Waals surface area (Å²) in [6, 6.07) is 0. The standard InChI is InChI=1S/C8H14NO6P/c1-8(9(11)12,4-2-5-10)16(13)14-6-3-7-15-16/h5H,2-4,6-7H2,1H3. The monoisotopic (exact) mass is 251 g/mol. The molecule has 0 aliphatic carbocycles. The van der Waals surface area contributed by atoms with Gasteiger partial charge in [0, 0.05) is 24.7 Å². The van der Waals surface area contributed by atoms with E-state index in [1.807, 2.05) is 0 Å². The van der Waals surface area contributed by atoms with Crippen LogP contribution in [0.4, 0.5) is 0 Å². The van der Waals surface area contributed by atoms with Gasteiger partial charge in [-0.15, -0.1) is 0 Å². The van der Waals surface area contributed by atoms with E-state index in [4.69, 9.17) is 9.05 Å². The summed E-state index contributed by atoms with van der Waals surface area (Å²) >= 11 is 0. The number of carbonyl (C=O) groups excluding carboxylic acids is 1. The van der Waals surface area contributed by atoms with Crippen LogP contribution in [-0.2, 0) is 18.4 Å². The molecule has 1 unspecified atom stereocenters. The summed E-state index contributed by atoms with van der Waals surface area (Å²) in [5, 5.41) is 9.15. The Labute approximate surface area is 92.8 Å². The molecule has 1 atom stereocenters. The Kier molecular flexibility index (Phi) is 4.18. The molecule has 0 aromatic heterocycles. The van der Waals surface area contributed by atoms with Gasteiger partial charge in [0.15, 0.2) is 0 Å². The van der Waals surface area contributed by atoms with Gasteiger partial charge in [-0.05, 0) is 6.42 Å². The van der Waals surface area contributed by atoms with Crippen LogP contribution in [0.25, 0.3) is 0 Å². The van der Waals surface area contributed by atoms with Gasteiger partial charge in [-0.2, -0.15) is 0 Å². The van der Waals surface area contributed by atoms with E-state index in [1.165, 1.54) is 6.92 Å². The van der Waals surface area contributed by atoms with Gasteiger partial charge in [-0.1, -0.05) is 0 Å². The first-order valence-electron chi connectivity index (χ1n) is 4.93. The Hall–Kier alpha value is -0.780. The third-order valence-electron chi connectivity index (χ3n) is 2.53. The predicted octanol–water partition coefficient (Wildman–Crippen LogP) is 1.59. The molecule has 16 heavy (non-hydrogen) atoms. The highest BCUT2D eigenvalue weighted by Gasteiger charge is 2.58. The fourth-order valence-corrected chi connectivity index (χ4v) is 3.38. The van der Waals surface area contributed by atoms with Crippen molar-refractivity contribution >= 4 is 13.9 Å². The summed E-state index contributed by atoms with van der Waals surface area (Å²) in [7, 11) is -3.78. The van der Waals surface area contributed by atoms with E-state index in [0.717, 1.165) is 0 Å². The molecule has 1 rings (SSSR count). The van der Waals surface area contributed by atoms with E-state index < -0.39 is 17.8 Å². The Morgan fingerprint density at radius 1 is 1.50 bits per heavy atom. The van der Waals surface area contributed by atoms with E-state index in [-0.39, 0.29) is 26.1 Å². The first-order valence-corrected chi connectivity index (χ1v) is 6.48. The van der Waals surface area contributed by atoms with Crippen molar-refractivity contribution in [3.63, 3.8) is 0 Å². The van der Waals surface area contributed by atoms with E-state index in [0.29, 0.717) is 12.7 Å². The van der Waals surface area contributed by atoms with Crippen LogP contribution in [0.15, 0.2) is 0 Å². The van der Waals surface area contributed by atoms with Gasteiger partial charge in [-0.25, -0.2) is 0 Å². The zero-order valence-electron chi connectivity index (χ0n) is 8.96. The third kappa shape index (κ3) is 2.31. The van der Waals surface area contributed by atoms with Gasteiger partial charge in [-0.3, -0.25) is 14.7 Å². The maximum Gasteiger partial charge on any atom is 0.406 e. The largest absolute Gasteiger partial charge is 0.406 e. The number of hydrogen-bond acceptors (Lipinski definition) is 6. The molecule has 0 bridgehead atoms. The number of aldehydes is 1. The van der Waals surface area contributed by atoms with Crippen LogP contribution in [-0.4, -0.2) is 29.7 Å². The lowest BCUT2D eigenvalue weighted by atomic mass is 10.2. The van der Waals surface area contributed by atoms with Crippen LogP contribution < -0.4 is 0 Å². The molecule has 1 aliphatic rings. The summed E-state index contributed by atoms with van der Waals surface area (Å²) in [6.07, 6.45) is 0.915. The smallest absolute Gasteiger partial charge is 0.304 e. The first kappa shape index (κ1) is 13.3. The lowest BCUT2D eigenvalue weighted by molar-refractivity contribution is -0.541. The summed E-state index contributed by atoms with van der Waals surface area (Å²) in [5.41, 5.74) is 0. The molecule has 0 aromatic rings. The van der Waals surface area contributed by atoms with Gasteiger partial charge in [0.25, 0.3) is 0 Å². The minimum absolute atomic E-state index is 0.0474. The minimum Gasteiger partial charge on any atom is -0.304 e. The summed E-state index contributed by atoms with van der Waals surface area (Å²) < 4.78 is 22.1. The number of hydrogen-bond donors (Lipinski definition) is 0. The number of carbonyl (C=O) groups is 1. The predicted molar refractivity (Wildman–Crippen MR) is 54.8 cm³/mol. The van der Waals surface area contributed by atoms with Crippen LogP contribution in [0.5, 0.6) is 0 Å². The second-order valence-corrected chi connectivity index (χ2v) is 6.17. The van der Waals surface area contributed by atoms with Gasteiger partial charge < -0.3 is 13.8 Å². The number of rotatable bonds is 5. The lowest BCUT2D eigenvalue weighted by Crippen LogP contribution is -2.37. The Morgan fingerprint density at radius 2 is 2.06 bits per heavy atom. The maximum absolute atomic E-state index is 12.2. The second kappa shape index (κ2) is 5.03. The van der Waals surface area contributed by atoms with Crippen molar-refractivity contribution in [1.82, 2.24) is 0 Å². The molecule has 8 heteroatoms. The molecule has 1 heterocycles. The van der Waals surface area contributed by atoms with E-state index in [9.17, 15) is 19.5 Å². The molecule has 0 saturated carbocycles. The van der Waals surface area contributed by atoms with Gasteiger partial charge in [0.2, 0.25) is 0 Å². The molecular weight excluding hydrogens is 237 g/mol. The zero-order chi connectivity index (χ0) is 12.2. The molecule has 92 valence electrons. The molecule has 7 nitrogen and oxygen atoms in total. The summed E-state index contributed by atoms with van der Waals surface area (Å²) in [4.78, 5) is 20.6. The summed E-state index contributed by atoms with van der Waals surface area (Å²) in [5.74, 6) is 0. The molecule has 0 aromatic carbocycles. The van der Waals surface area contributed by atoms with Gasteiger partial charge in [0.1, 0.15) is 6.29 Å². The fraction of sp³-hybridized carbons (Fsp3) is 0.875. The second-order valence-electron chi connectivity index (χ2n) is 3.70. The van der Waals surface area contributed by atoms with E-state index in [1.54, 1.807) is 0 Å². The van der Waals surface area contributed by atoms with E-state index >= 15 is 0 Å². The van der Waals surface area contributed by atoms with Crippen molar-refractivity contribution in [2.24, 2.45) is 0 Å². The van der Waals surface area contributed by atoms with Gasteiger partial charge in [0.05, 0.1) is 13.2 Å². The highest BCUT2D eigenvalue weighted by molar-refractivity contribution is 7.55. The normalized spacial score (nSPS) is 23.3. The SMILES string of the molecule is CC(CCC=O)([N+](=O)[O-])P1(=O)OCCCO1. The highest BCUT2D eigenvalue weighted by Crippen LogP contribution is 2.63. The van der Waals surface area contributed by atoms with Crippen molar-refractivity contribution < 1.29 is 23.3 Å². The Bertz CT molecular complexity index is 322. The van der Waals surface area contributed by atoms with Crippen molar-refractivity contribution in [3.8, 4) is 0 Å². The van der Waals surface area contributed by atoms with Crippen molar-refractivity contribution in [1.29, 1.82) is 0 Å². The van der Waals surface area contributed by atoms with Crippen molar-refractivity contribution in [3.05, 3.63) is 10.1 Å². The van der Waals surface area contributed by atoms with Crippen LogP contribution in [0.1, 0.15) is 26.2 Å². The quantitative estimate of drug-likeness (QED) is 0.318. The zero-order valence-corrected chi connectivity index (χ0v) is 9.85. The van der Waals surface area contributed by atoms with Crippen LogP contribution >= 0.6 is 7.60 Å². The maximum atomic E-state index is 12.2. The molecule has 0 N–H and O–H groups in total. The van der Waals surface area contributed by atoms with E-state index in [2.05, 4.69) is 0 Å². The molecule has 0 spiro atoms. The number of nitro groups is 1. The van der Waals surface area contributed by atoms with Crippen LogP contribution in [0.3, 0.4) is 0 Å². The van der Waals surface area contributed by atoms with Crippen LogP contribution in [0, 0.1) is 10.1 Å². The molecule has 0 radical (unpaired) electrons. The molecule has 1 saturated heterocycles. The molecular formula is C8H14NO6P. The third-order valence-corrected chi connectivity index (χ3v) is 5.14. The van der Waals surface area contributed by atoms with Crippen molar-refractivity contribution in [2.75, 3.05) is 13.2 Å². The number of nitrogens with zero attached hydrogens (tertiary/aromatic N) is 1.